The minimum atomic E-state index is -0.00671. The fourth-order valence-electron chi connectivity index (χ4n) is 2.31. The molecule has 4 nitrogen and oxygen atoms in total. The van der Waals surface area contributed by atoms with E-state index < -0.39 is 0 Å². The van der Waals surface area contributed by atoms with Crippen LogP contribution < -0.4 is 10.1 Å². The van der Waals surface area contributed by atoms with Crippen molar-refractivity contribution in [1.82, 2.24) is 10.3 Å². The summed E-state index contributed by atoms with van der Waals surface area (Å²) in [6, 6.07) is 20.2. The first kappa shape index (κ1) is 15.0. The summed E-state index contributed by atoms with van der Waals surface area (Å²) in [7, 11) is 0. The molecule has 1 heterocycles. The van der Waals surface area contributed by atoms with Gasteiger partial charge in [-0.1, -0.05) is 18.2 Å². The largest absolute Gasteiger partial charge is 0.439 e. The standard InChI is InChI=1S/C19H17N2O2/c1-14(22)20-12-11-15-7-9-18-16(13-15)8-10-19(21-18)23-17-5-3-2-4-6-17/h3-10,13H,11-12H2,1H3,(H,20,22). The molecular weight excluding hydrogens is 288 g/mol. The third kappa shape index (κ3) is 4.07. The van der Waals surface area contributed by atoms with E-state index in [0.717, 1.165) is 23.1 Å². The Morgan fingerprint density at radius 2 is 2.00 bits per heavy atom. The summed E-state index contributed by atoms with van der Waals surface area (Å²) in [5, 5.41) is 3.86. The molecule has 23 heavy (non-hydrogen) atoms. The van der Waals surface area contributed by atoms with Crippen molar-refractivity contribution in [3.8, 4) is 11.6 Å². The van der Waals surface area contributed by atoms with Crippen molar-refractivity contribution in [2.75, 3.05) is 6.54 Å². The molecule has 1 amide bonds. The molecule has 0 aliphatic heterocycles. The fourth-order valence-corrected chi connectivity index (χ4v) is 2.31. The molecule has 0 aliphatic carbocycles. The SMILES string of the molecule is CC(=O)NCCc1ccc2nc(Oc3cc[c]cc3)ccc2c1. The van der Waals surface area contributed by atoms with Crippen molar-refractivity contribution in [3.05, 3.63) is 66.2 Å². The van der Waals surface area contributed by atoms with Gasteiger partial charge >= 0.3 is 0 Å². The summed E-state index contributed by atoms with van der Waals surface area (Å²) in [5.41, 5.74) is 2.05. The van der Waals surface area contributed by atoms with Crippen LogP contribution in [-0.4, -0.2) is 17.4 Å². The number of fused-ring (bicyclic) bond motifs is 1. The lowest BCUT2D eigenvalue weighted by Gasteiger charge is -2.07. The zero-order chi connectivity index (χ0) is 16.1. The van der Waals surface area contributed by atoms with E-state index in [1.54, 1.807) is 12.1 Å². The molecule has 2 aromatic carbocycles. The van der Waals surface area contributed by atoms with E-state index in [-0.39, 0.29) is 5.91 Å². The van der Waals surface area contributed by atoms with E-state index in [2.05, 4.69) is 22.4 Å². The first-order valence-electron chi connectivity index (χ1n) is 7.49. The quantitative estimate of drug-likeness (QED) is 0.785. The summed E-state index contributed by atoms with van der Waals surface area (Å²) in [4.78, 5) is 15.4. The molecule has 115 valence electrons. The summed E-state index contributed by atoms with van der Waals surface area (Å²) in [6.45, 7) is 2.16. The van der Waals surface area contributed by atoms with Gasteiger partial charge in [-0.05, 0) is 48.4 Å². The number of pyridine rings is 1. The van der Waals surface area contributed by atoms with Gasteiger partial charge in [0.2, 0.25) is 11.8 Å². The highest BCUT2D eigenvalue weighted by molar-refractivity contribution is 5.80. The Morgan fingerprint density at radius 3 is 2.78 bits per heavy atom. The van der Waals surface area contributed by atoms with Crippen LogP contribution in [-0.2, 0) is 11.2 Å². The number of aromatic nitrogens is 1. The maximum Gasteiger partial charge on any atom is 0.219 e. The van der Waals surface area contributed by atoms with Gasteiger partial charge in [-0.3, -0.25) is 4.79 Å². The van der Waals surface area contributed by atoms with Crippen LogP contribution in [0, 0.1) is 6.07 Å². The number of rotatable bonds is 5. The Labute approximate surface area is 135 Å². The van der Waals surface area contributed by atoms with Gasteiger partial charge in [-0.15, -0.1) is 0 Å². The third-order valence-electron chi connectivity index (χ3n) is 3.43. The fraction of sp³-hybridized carbons (Fsp3) is 0.158. The summed E-state index contributed by atoms with van der Waals surface area (Å²) in [5.74, 6) is 1.30. The van der Waals surface area contributed by atoms with E-state index in [0.29, 0.717) is 12.4 Å². The minimum Gasteiger partial charge on any atom is -0.439 e. The lowest BCUT2D eigenvalue weighted by atomic mass is 10.1. The molecule has 3 rings (SSSR count). The summed E-state index contributed by atoms with van der Waals surface area (Å²) < 4.78 is 5.73. The molecule has 1 N–H and O–H groups in total. The highest BCUT2D eigenvalue weighted by atomic mass is 16.5. The van der Waals surface area contributed by atoms with Gasteiger partial charge in [-0.2, -0.15) is 0 Å². The van der Waals surface area contributed by atoms with Gasteiger partial charge in [0.1, 0.15) is 5.75 Å². The zero-order valence-electron chi connectivity index (χ0n) is 12.9. The van der Waals surface area contributed by atoms with Crippen molar-refractivity contribution in [2.24, 2.45) is 0 Å². The van der Waals surface area contributed by atoms with Crippen LogP contribution in [0.2, 0.25) is 0 Å². The lowest BCUT2D eigenvalue weighted by molar-refractivity contribution is -0.118. The minimum absolute atomic E-state index is 0.00671. The molecule has 0 unspecified atom stereocenters. The maximum absolute atomic E-state index is 10.9. The highest BCUT2D eigenvalue weighted by Crippen LogP contribution is 2.22. The molecule has 0 spiro atoms. The molecule has 0 fully saturated rings. The van der Waals surface area contributed by atoms with Crippen LogP contribution >= 0.6 is 0 Å². The van der Waals surface area contributed by atoms with E-state index >= 15 is 0 Å². The van der Waals surface area contributed by atoms with E-state index in [9.17, 15) is 4.79 Å². The molecule has 3 aromatic rings. The molecule has 1 radical (unpaired) electrons. The average molecular weight is 305 g/mol. The average Bonchev–Trinajstić information content (AvgIpc) is 2.55. The number of carbonyl (C=O) groups excluding carboxylic acids is 1. The molecule has 0 saturated heterocycles. The van der Waals surface area contributed by atoms with E-state index in [4.69, 9.17) is 4.74 Å². The Kier molecular flexibility index (Phi) is 4.52. The Morgan fingerprint density at radius 1 is 1.17 bits per heavy atom. The number of amides is 1. The van der Waals surface area contributed by atoms with Gasteiger partial charge in [0.25, 0.3) is 0 Å². The molecule has 4 heteroatoms. The van der Waals surface area contributed by atoms with Crippen LogP contribution in [0.3, 0.4) is 0 Å². The molecule has 0 bridgehead atoms. The Balaban J connectivity index is 1.74. The maximum atomic E-state index is 10.9. The van der Waals surface area contributed by atoms with Gasteiger partial charge in [0, 0.05) is 24.9 Å². The van der Waals surface area contributed by atoms with Gasteiger partial charge in [0.05, 0.1) is 5.52 Å². The Bertz CT molecular complexity index is 816. The van der Waals surface area contributed by atoms with Gasteiger partial charge in [-0.25, -0.2) is 4.98 Å². The van der Waals surface area contributed by atoms with E-state index in [1.165, 1.54) is 12.5 Å². The zero-order valence-corrected chi connectivity index (χ0v) is 12.9. The van der Waals surface area contributed by atoms with Gasteiger partial charge < -0.3 is 10.1 Å². The van der Waals surface area contributed by atoms with Crippen LogP contribution in [0.4, 0.5) is 0 Å². The molecule has 0 atom stereocenters. The second-order valence-electron chi connectivity index (χ2n) is 5.25. The Hall–Kier alpha value is -2.88. The van der Waals surface area contributed by atoms with Crippen molar-refractivity contribution < 1.29 is 9.53 Å². The monoisotopic (exact) mass is 305 g/mol. The topological polar surface area (TPSA) is 51.2 Å². The highest BCUT2D eigenvalue weighted by Gasteiger charge is 2.03. The van der Waals surface area contributed by atoms with Crippen molar-refractivity contribution in [2.45, 2.75) is 13.3 Å². The molecule has 0 saturated carbocycles. The smallest absolute Gasteiger partial charge is 0.219 e. The summed E-state index contributed by atoms with van der Waals surface area (Å²) >= 11 is 0. The molecule has 0 aliphatic rings. The van der Waals surface area contributed by atoms with Crippen LogP contribution in [0.25, 0.3) is 10.9 Å². The predicted octanol–water partition coefficient (Wildman–Crippen LogP) is 3.51. The number of carbonyl (C=O) groups is 1. The number of nitrogens with zero attached hydrogens (tertiary/aromatic N) is 1. The number of hydrogen-bond donors (Lipinski definition) is 1. The number of benzene rings is 2. The van der Waals surface area contributed by atoms with Gasteiger partial charge in [0.15, 0.2) is 0 Å². The van der Waals surface area contributed by atoms with E-state index in [1.807, 2.05) is 36.4 Å². The second-order valence-corrected chi connectivity index (χ2v) is 5.25. The summed E-state index contributed by atoms with van der Waals surface area (Å²) in [6.07, 6.45) is 0.800. The van der Waals surface area contributed by atoms with Crippen LogP contribution in [0.1, 0.15) is 12.5 Å². The third-order valence-corrected chi connectivity index (χ3v) is 3.43. The lowest BCUT2D eigenvalue weighted by Crippen LogP contribution is -2.22. The first-order chi connectivity index (χ1) is 11.2. The number of ether oxygens (including phenoxy) is 1. The molecular formula is C19H17N2O2. The van der Waals surface area contributed by atoms with Crippen molar-refractivity contribution in [1.29, 1.82) is 0 Å². The normalized spacial score (nSPS) is 10.5. The van der Waals surface area contributed by atoms with Crippen molar-refractivity contribution in [3.63, 3.8) is 0 Å². The van der Waals surface area contributed by atoms with Crippen molar-refractivity contribution >= 4 is 16.8 Å². The second kappa shape index (κ2) is 6.92. The number of nitrogens with one attached hydrogen (secondary N) is 1. The first-order valence-corrected chi connectivity index (χ1v) is 7.49. The molecule has 1 aromatic heterocycles. The number of hydrogen-bond acceptors (Lipinski definition) is 3. The van der Waals surface area contributed by atoms with Crippen LogP contribution in [0.15, 0.2) is 54.6 Å². The van der Waals surface area contributed by atoms with Crippen LogP contribution in [0.5, 0.6) is 11.6 Å². The predicted molar refractivity (Wildman–Crippen MR) is 89.5 cm³/mol.